The highest BCUT2D eigenvalue weighted by Crippen LogP contribution is 2.23. The monoisotopic (exact) mass is 325 g/mol. The van der Waals surface area contributed by atoms with Crippen molar-refractivity contribution in [2.45, 2.75) is 13.3 Å². The SMILES string of the molecule is CC(CSC(=O)c1cccs1)C(=O)N1CCC=C1C(=O)O. The van der Waals surface area contributed by atoms with Gasteiger partial charge in [-0.05, 0) is 17.9 Å². The van der Waals surface area contributed by atoms with Crippen LogP contribution in [0.4, 0.5) is 0 Å². The Kier molecular flexibility index (Phi) is 5.19. The van der Waals surface area contributed by atoms with Crippen LogP contribution in [0.15, 0.2) is 29.3 Å². The summed E-state index contributed by atoms with van der Waals surface area (Å²) in [6.07, 6.45) is 2.11. The second-order valence-electron chi connectivity index (χ2n) is 4.65. The molecule has 7 heteroatoms. The van der Waals surface area contributed by atoms with Crippen LogP contribution in [0.2, 0.25) is 0 Å². The number of amides is 1. The molecule has 0 saturated heterocycles. The fourth-order valence-electron chi connectivity index (χ4n) is 2.00. The summed E-state index contributed by atoms with van der Waals surface area (Å²) < 4.78 is 0. The molecule has 1 aromatic heterocycles. The lowest BCUT2D eigenvalue weighted by atomic mass is 10.2. The summed E-state index contributed by atoms with van der Waals surface area (Å²) >= 11 is 2.46. The third-order valence-electron chi connectivity index (χ3n) is 3.07. The van der Waals surface area contributed by atoms with Crippen molar-refractivity contribution >= 4 is 40.1 Å². The van der Waals surface area contributed by atoms with Gasteiger partial charge in [0.15, 0.2) is 0 Å². The van der Waals surface area contributed by atoms with Crippen LogP contribution in [0.25, 0.3) is 0 Å². The molecule has 2 rings (SSSR count). The van der Waals surface area contributed by atoms with Gasteiger partial charge in [0.25, 0.3) is 0 Å². The molecule has 21 heavy (non-hydrogen) atoms. The predicted molar refractivity (Wildman–Crippen MR) is 82.3 cm³/mol. The zero-order valence-corrected chi connectivity index (χ0v) is 13.1. The largest absolute Gasteiger partial charge is 0.477 e. The van der Waals surface area contributed by atoms with Gasteiger partial charge in [-0.3, -0.25) is 9.59 Å². The van der Waals surface area contributed by atoms with Gasteiger partial charge in [-0.2, -0.15) is 0 Å². The summed E-state index contributed by atoms with van der Waals surface area (Å²) in [5.74, 6) is -1.39. The van der Waals surface area contributed by atoms with Gasteiger partial charge in [-0.1, -0.05) is 30.8 Å². The van der Waals surface area contributed by atoms with Gasteiger partial charge in [-0.25, -0.2) is 4.79 Å². The molecule has 5 nitrogen and oxygen atoms in total. The van der Waals surface area contributed by atoms with Crippen molar-refractivity contribution in [1.82, 2.24) is 4.90 Å². The summed E-state index contributed by atoms with van der Waals surface area (Å²) in [5.41, 5.74) is 0.0430. The second-order valence-corrected chi connectivity index (χ2v) is 6.59. The number of aliphatic carboxylic acids is 1. The number of carbonyl (C=O) groups excluding carboxylic acids is 2. The van der Waals surface area contributed by atoms with Crippen molar-refractivity contribution in [2.24, 2.45) is 5.92 Å². The van der Waals surface area contributed by atoms with Crippen LogP contribution in [-0.2, 0) is 9.59 Å². The van der Waals surface area contributed by atoms with Gasteiger partial charge in [0.1, 0.15) is 5.70 Å². The third kappa shape index (κ3) is 3.74. The van der Waals surface area contributed by atoms with Crippen LogP contribution in [0.3, 0.4) is 0 Å². The molecule has 1 aromatic rings. The number of carboxylic acids is 1. The Bertz CT molecular complexity index is 580. The summed E-state index contributed by atoms with van der Waals surface area (Å²) in [4.78, 5) is 37.1. The van der Waals surface area contributed by atoms with E-state index in [9.17, 15) is 14.4 Å². The molecule has 0 fully saturated rings. The molecule has 0 spiro atoms. The van der Waals surface area contributed by atoms with Crippen LogP contribution in [0.1, 0.15) is 23.0 Å². The second kappa shape index (κ2) is 6.91. The first-order chi connectivity index (χ1) is 10.0. The summed E-state index contributed by atoms with van der Waals surface area (Å²) in [6, 6.07) is 3.55. The lowest BCUT2D eigenvalue weighted by molar-refractivity contribution is -0.140. The van der Waals surface area contributed by atoms with Crippen molar-refractivity contribution in [2.75, 3.05) is 12.3 Å². The van der Waals surface area contributed by atoms with E-state index >= 15 is 0 Å². The van der Waals surface area contributed by atoms with E-state index < -0.39 is 11.9 Å². The number of carboxylic acid groups (broad SMARTS) is 1. The first-order valence-corrected chi connectivity index (χ1v) is 8.32. The van der Waals surface area contributed by atoms with Gasteiger partial charge in [0.05, 0.1) is 4.88 Å². The summed E-state index contributed by atoms with van der Waals surface area (Å²) in [6.45, 7) is 2.11. The van der Waals surface area contributed by atoms with Crippen molar-refractivity contribution in [3.8, 4) is 0 Å². The molecule has 0 bridgehead atoms. The molecule has 1 N–H and O–H groups in total. The Labute approximate surface area is 130 Å². The van der Waals surface area contributed by atoms with Crippen LogP contribution in [0, 0.1) is 5.92 Å². The minimum atomic E-state index is -1.09. The van der Waals surface area contributed by atoms with E-state index in [1.807, 2.05) is 5.38 Å². The van der Waals surface area contributed by atoms with Crippen LogP contribution in [0.5, 0.6) is 0 Å². The number of nitrogens with zero attached hydrogens (tertiary/aromatic N) is 1. The molecule has 1 aliphatic heterocycles. The van der Waals surface area contributed by atoms with E-state index in [4.69, 9.17) is 5.11 Å². The molecule has 2 heterocycles. The van der Waals surface area contributed by atoms with Crippen molar-refractivity contribution in [3.05, 3.63) is 34.2 Å². The Balaban J connectivity index is 1.90. The quantitative estimate of drug-likeness (QED) is 0.900. The highest BCUT2D eigenvalue weighted by molar-refractivity contribution is 8.14. The molecule has 0 saturated carbocycles. The topological polar surface area (TPSA) is 74.7 Å². The number of rotatable bonds is 5. The number of hydrogen-bond donors (Lipinski definition) is 1. The number of thioether (sulfide) groups is 1. The number of carbonyl (C=O) groups is 3. The Morgan fingerprint density at radius 3 is 2.86 bits per heavy atom. The summed E-state index contributed by atoms with van der Waals surface area (Å²) in [5, 5.41) is 10.8. The number of thiophene rings is 1. The Hall–Kier alpha value is -1.60. The van der Waals surface area contributed by atoms with E-state index in [0.717, 1.165) is 11.8 Å². The molecule has 0 aliphatic carbocycles. The standard InChI is InChI=1S/C14H15NO4S2/c1-9(8-21-14(19)11-5-3-7-20-11)12(16)15-6-2-4-10(15)13(17)18/h3-5,7,9H,2,6,8H2,1H3,(H,17,18). The first-order valence-electron chi connectivity index (χ1n) is 6.46. The minimum absolute atomic E-state index is 0.0430. The molecule has 1 aliphatic rings. The van der Waals surface area contributed by atoms with Crippen LogP contribution >= 0.6 is 23.1 Å². The minimum Gasteiger partial charge on any atom is -0.477 e. The first kappa shape index (κ1) is 15.8. The zero-order valence-electron chi connectivity index (χ0n) is 11.4. The van der Waals surface area contributed by atoms with Gasteiger partial charge in [0.2, 0.25) is 11.0 Å². The highest BCUT2D eigenvalue weighted by atomic mass is 32.2. The zero-order chi connectivity index (χ0) is 15.4. The van der Waals surface area contributed by atoms with E-state index in [2.05, 4.69) is 0 Å². The maximum Gasteiger partial charge on any atom is 0.352 e. The van der Waals surface area contributed by atoms with Gasteiger partial charge < -0.3 is 10.0 Å². The van der Waals surface area contributed by atoms with Gasteiger partial charge >= 0.3 is 5.97 Å². The van der Waals surface area contributed by atoms with Crippen LogP contribution < -0.4 is 0 Å². The van der Waals surface area contributed by atoms with E-state index in [1.165, 1.54) is 16.2 Å². The number of hydrogen-bond acceptors (Lipinski definition) is 5. The molecule has 1 atom stereocenters. The molecule has 112 valence electrons. The normalized spacial score (nSPS) is 15.7. The predicted octanol–water partition coefficient (Wildman–Crippen LogP) is 2.46. The Morgan fingerprint density at radius 1 is 1.48 bits per heavy atom. The smallest absolute Gasteiger partial charge is 0.352 e. The lowest BCUT2D eigenvalue weighted by Gasteiger charge is -2.21. The van der Waals surface area contributed by atoms with Crippen molar-refractivity contribution in [1.29, 1.82) is 0 Å². The average Bonchev–Trinajstić information content (AvgIpc) is 3.13. The molecule has 1 amide bonds. The van der Waals surface area contributed by atoms with Crippen molar-refractivity contribution in [3.63, 3.8) is 0 Å². The highest BCUT2D eigenvalue weighted by Gasteiger charge is 2.30. The molecule has 0 aromatic carbocycles. The van der Waals surface area contributed by atoms with Gasteiger partial charge in [-0.15, -0.1) is 11.3 Å². The van der Waals surface area contributed by atoms with E-state index in [1.54, 1.807) is 25.1 Å². The van der Waals surface area contributed by atoms with E-state index in [0.29, 0.717) is 23.6 Å². The summed E-state index contributed by atoms with van der Waals surface area (Å²) in [7, 11) is 0. The van der Waals surface area contributed by atoms with Crippen LogP contribution in [-0.4, -0.2) is 39.3 Å². The third-order valence-corrected chi connectivity index (χ3v) is 5.22. The maximum atomic E-state index is 12.3. The fourth-order valence-corrected chi connectivity index (χ4v) is 3.63. The lowest BCUT2D eigenvalue weighted by Crippen LogP contribution is -2.36. The maximum absolute atomic E-state index is 12.3. The molecular formula is C14H15NO4S2. The average molecular weight is 325 g/mol. The molecular weight excluding hydrogens is 310 g/mol. The molecule has 1 unspecified atom stereocenters. The van der Waals surface area contributed by atoms with Gasteiger partial charge in [0, 0.05) is 18.2 Å². The van der Waals surface area contributed by atoms with E-state index in [-0.39, 0.29) is 16.7 Å². The fraction of sp³-hybridized carbons (Fsp3) is 0.357. The Morgan fingerprint density at radius 2 is 2.24 bits per heavy atom. The van der Waals surface area contributed by atoms with Crippen molar-refractivity contribution < 1.29 is 19.5 Å². The molecule has 0 radical (unpaired) electrons.